The van der Waals surface area contributed by atoms with Gasteiger partial charge >= 0.3 is 0 Å². The van der Waals surface area contributed by atoms with Gasteiger partial charge in [0.15, 0.2) is 11.6 Å². The first-order valence-electron chi connectivity index (χ1n) is 9.71. The monoisotopic (exact) mass is 418 g/mol. The van der Waals surface area contributed by atoms with E-state index in [1.807, 2.05) is 0 Å². The number of carbonyl (C=O) groups is 1. The lowest BCUT2D eigenvalue weighted by molar-refractivity contribution is -0.133. The number of amides is 1. The number of hydrogen-bond acceptors (Lipinski definition) is 7. The van der Waals surface area contributed by atoms with Crippen molar-refractivity contribution in [2.24, 2.45) is 5.18 Å². The van der Waals surface area contributed by atoms with Crippen LogP contribution in [-0.4, -0.2) is 54.7 Å². The zero-order valence-corrected chi connectivity index (χ0v) is 16.6. The molecule has 1 atom stereocenters. The topological polar surface area (TPSA) is 89.9 Å². The van der Waals surface area contributed by atoms with Crippen molar-refractivity contribution in [2.45, 2.75) is 19.4 Å². The molecule has 1 fully saturated rings. The molecule has 0 bridgehead atoms. The summed E-state index contributed by atoms with van der Waals surface area (Å²) in [5.41, 5.74) is 3.97. The van der Waals surface area contributed by atoms with Gasteiger partial charge in [0.2, 0.25) is 5.91 Å². The highest BCUT2D eigenvalue weighted by Crippen LogP contribution is 2.27. The Labute approximate surface area is 173 Å². The van der Waals surface area contributed by atoms with E-state index in [1.165, 1.54) is 17.1 Å². The Morgan fingerprint density at radius 1 is 1.23 bits per heavy atom. The second-order valence-electron chi connectivity index (χ2n) is 7.10. The predicted octanol–water partition coefficient (Wildman–Crippen LogP) is 2.32. The van der Waals surface area contributed by atoms with Crippen LogP contribution in [0.2, 0.25) is 0 Å². The number of nitrogens with one attached hydrogen (secondary N) is 2. The second-order valence-corrected chi connectivity index (χ2v) is 7.10. The van der Waals surface area contributed by atoms with E-state index in [1.54, 1.807) is 36.4 Å². The van der Waals surface area contributed by atoms with E-state index >= 15 is 0 Å². The molecule has 1 saturated heterocycles. The van der Waals surface area contributed by atoms with Crippen LogP contribution in [0.15, 0.2) is 41.8 Å². The molecule has 1 aromatic heterocycles. The normalized spacial score (nSPS) is 15.4. The summed E-state index contributed by atoms with van der Waals surface area (Å²) >= 11 is 0. The number of hydrazine groups is 1. The van der Waals surface area contributed by atoms with Gasteiger partial charge in [0, 0.05) is 44.3 Å². The Morgan fingerprint density at radius 3 is 2.60 bits per heavy atom. The molecule has 8 nitrogen and oxygen atoms in total. The third-order valence-corrected chi connectivity index (χ3v) is 4.80. The largest absolute Gasteiger partial charge is 0.383 e. The van der Waals surface area contributed by atoms with E-state index in [9.17, 15) is 18.5 Å². The molecule has 2 heterocycles. The molecule has 1 aromatic carbocycles. The Morgan fingerprint density at radius 2 is 1.93 bits per heavy atom. The summed E-state index contributed by atoms with van der Waals surface area (Å²) in [5.74, 6) is -1.54. The lowest BCUT2D eigenvalue weighted by Crippen LogP contribution is -2.44. The summed E-state index contributed by atoms with van der Waals surface area (Å²) in [5, 5.41) is 7.14. The first kappa shape index (κ1) is 21.6. The minimum Gasteiger partial charge on any atom is -0.383 e. The summed E-state index contributed by atoms with van der Waals surface area (Å²) in [6.45, 7) is 3.05. The first-order valence-corrected chi connectivity index (χ1v) is 9.71. The van der Waals surface area contributed by atoms with Gasteiger partial charge in [0.25, 0.3) is 0 Å². The average molecular weight is 418 g/mol. The molecule has 2 aromatic rings. The van der Waals surface area contributed by atoms with Crippen molar-refractivity contribution in [3.8, 4) is 0 Å². The molecule has 0 aliphatic carbocycles. The van der Waals surface area contributed by atoms with Gasteiger partial charge in [-0.3, -0.25) is 14.8 Å². The van der Waals surface area contributed by atoms with Gasteiger partial charge in [0.05, 0.1) is 13.0 Å². The van der Waals surface area contributed by atoms with E-state index < -0.39 is 17.7 Å². The van der Waals surface area contributed by atoms with Gasteiger partial charge in [-0.25, -0.2) is 14.2 Å². The standard InChI is InChI=1S/C20H24F2N6O2/c1-14(26-30)13-24-16-11-17(21)20(18(22)12-16)27-7-6-25-28(9-8-27)19(29)10-15-2-4-23-5-3-15/h2-5,11-12,14,24-25H,6-10,13H2,1H3/t14-/m0/s1. The molecule has 30 heavy (non-hydrogen) atoms. The molecule has 0 saturated carbocycles. The number of rotatable bonds is 7. The van der Waals surface area contributed by atoms with Gasteiger partial charge in [-0.1, -0.05) is 5.18 Å². The highest BCUT2D eigenvalue weighted by molar-refractivity contribution is 5.78. The molecule has 0 unspecified atom stereocenters. The van der Waals surface area contributed by atoms with Crippen molar-refractivity contribution in [1.29, 1.82) is 0 Å². The fourth-order valence-electron chi connectivity index (χ4n) is 3.21. The average Bonchev–Trinajstić information content (AvgIpc) is 2.98. The maximum atomic E-state index is 14.7. The molecule has 2 N–H and O–H groups in total. The van der Waals surface area contributed by atoms with Gasteiger partial charge in [-0.2, -0.15) is 4.91 Å². The number of nitroso groups, excluding NO2 is 1. The van der Waals surface area contributed by atoms with Crippen molar-refractivity contribution < 1.29 is 13.6 Å². The number of carbonyl (C=O) groups excluding carboxylic acids is 1. The van der Waals surface area contributed by atoms with Crippen LogP contribution in [0.1, 0.15) is 12.5 Å². The second kappa shape index (κ2) is 10.1. The van der Waals surface area contributed by atoms with E-state index in [0.717, 1.165) is 5.56 Å². The smallest absolute Gasteiger partial charge is 0.241 e. The fraction of sp³-hybridized carbons (Fsp3) is 0.400. The maximum Gasteiger partial charge on any atom is 0.241 e. The molecule has 1 amide bonds. The number of pyridine rings is 1. The van der Waals surface area contributed by atoms with Crippen LogP contribution < -0.4 is 15.6 Å². The predicted molar refractivity (Wildman–Crippen MR) is 110 cm³/mol. The molecular weight excluding hydrogens is 394 g/mol. The Kier molecular flexibility index (Phi) is 7.23. The van der Waals surface area contributed by atoms with Crippen molar-refractivity contribution in [2.75, 3.05) is 42.9 Å². The number of benzene rings is 1. The summed E-state index contributed by atoms with van der Waals surface area (Å²) < 4.78 is 29.3. The molecule has 0 spiro atoms. The molecule has 1 aliphatic rings. The number of anilines is 2. The van der Waals surface area contributed by atoms with Crippen molar-refractivity contribution in [3.05, 3.63) is 58.8 Å². The Hall–Kier alpha value is -3.14. The van der Waals surface area contributed by atoms with Gasteiger partial charge < -0.3 is 10.2 Å². The van der Waals surface area contributed by atoms with E-state index in [-0.39, 0.29) is 43.3 Å². The summed E-state index contributed by atoms with van der Waals surface area (Å²) in [6, 6.07) is 5.42. The fourth-order valence-corrected chi connectivity index (χ4v) is 3.21. The summed E-state index contributed by atoms with van der Waals surface area (Å²) in [4.78, 5) is 28.5. The van der Waals surface area contributed by atoms with Crippen LogP contribution in [-0.2, 0) is 11.2 Å². The minimum atomic E-state index is -0.708. The molecular formula is C20H24F2N6O2. The highest BCUT2D eigenvalue weighted by Gasteiger charge is 2.23. The third-order valence-electron chi connectivity index (χ3n) is 4.80. The minimum absolute atomic E-state index is 0.124. The van der Waals surface area contributed by atoms with Crippen LogP contribution in [0.4, 0.5) is 20.2 Å². The third kappa shape index (κ3) is 5.47. The number of nitrogens with zero attached hydrogens (tertiary/aromatic N) is 4. The van der Waals surface area contributed by atoms with Crippen LogP contribution in [0, 0.1) is 16.5 Å². The molecule has 160 valence electrons. The number of hydrogen-bond donors (Lipinski definition) is 2. The lowest BCUT2D eigenvalue weighted by Gasteiger charge is -2.24. The van der Waals surface area contributed by atoms with Crippen molar-refractivity contribution in [1.82, 2.24) is 15.4 Å². The highest BCUT2D eigenvalue weighted by atomic mass is 19.1. The van der Waals surface area contributed by atoms with Crippen molar-refractivity contribution >= 4 is 17.3 Å². The lowest BCUT2D eigenvalue weighted by atomic mass is 10.2. The van der Waals surface area contributed by atoms with E-state index in [2.05, 4.69) is 20.9 Å². The zero-order chi connectivity index (χ0) is 21.5. The van der Waals surface area contributed by atoms with E-state index in [0.29, 0.717) is 13.1 Å². The van der Waals surface area contributed by atoms with Crippen molar-refractivity contribution in [3.63, 3.8) is 0 Å². The maximum absolute atomic E-state index is 14.7. The van der Waals surface area contributed by atoms with Crippen LogP contribution in [0.3, 0.4) is 0 Å². The molecule has 3 rings (SSSR count). The Bertz CT molecular complexity index is 860. The molecule has 0 radical (unpaired) electrons. The Balaban J connectivity index is 1.64. The van der Waals surface area contributed by atoms with Crippen LogP contribution in [0.5, 0.6) is 0 Å². The van der Waals surface area contributed by atoms with Gasteiger partial charge in [-0.15, -0.1) is 0 Å². The number of aromatic nitrogens is 1. The van der Waals surface area contributed by atoms with Gasteiger partial charge in [-0.05, 0) is 36.8 Å². The molecule has 10 heteroatoms. The first-order chi connectivity index (χ1) is 14.5. The van der Waals surface area contributed by atoms with Gasteiger partial charge in [0.1, 0.15) is 11.7 Å². The van der Waals surface area contributed by atoms with E-state index in [4.69, 9.17) is 0 Å². The molecule has 1 aliphatic heterocycles. The summed E-state index contributed by atoms with van der Waals surface area (Å²) in [7, 11) is 0. The number of halogens is 2. The van der Waals surface area contributed by atoms with Crippen LogP contribution in [0.25, 0.3) is 0 Å². The summed E-state index contributed by atoms with van der Waals surface area (Å²) in [6.07, 6.45) is 3.47. The SMILES string of the molecule is C[C@@H](CNc1cc(F)c(N2CCNN(C(=O)Cc3ccncc3)CC2)c(F)c1)N=O. The van der Waals surface area contributed by atoms with Crippen LogP contribution >= 0.6 is 0 Å². The quantitative estimate of drug-likeness (QED) is 0.671. The zero-order valence-electron chi connectivity index (χ0n) is 16.6.